The first-order valence-corrected chi connectivity index (χ1v) is 9.95. The van der Waals surface area contributed by atoms with Gasteiger partial charge in [0.25, 0.3) is 5.56 Å². The number of nitrogens with one attached hydrogen (secondary N) is 2. The van der Waals surface area contributed by atoms with Crippen molar-refractivity contribution >= 4 is 28.4 Å². The van der Waals surface area contributed by atoms with Crippen molar-refractivity contribution in [1.29, 1.82) is 0 Å². The van der Waals surface area contributed by atoms with Crippen molar-refractivity contribution < 1.29 is 4.74 Å². The predicted octanol–water partition coefficient (Wildman–Crippen LogP) is 2.81. The van der Waals surface area contributed by atoms with Gasteiger partial charge in [0.1, 0.15) is 5.39 Å². The van der Waals surface area contributed by atoms with Crippen molar-refractivity contribution in [2.24, 2.45) is 0 Å². The Hall–Kier alpha value is -2.87. The summed E-state index contributed by atoms with van der Waals surface area (Å²) in [5, 5.41) is 6.74. The van der Waals surface area contributed by atoms with E-state index in [1.165, 1.54) is 18.5 Å². The highest BCUT2D eigenvalue weighted by Gasteiger charge is 2.21. The van der Waals surface area contributed by atoms with Gasteiger partial charge in [0, 0.05) is 30.7 Å². The number of rotatable bonds is 4. The number of H-pyrrole nitrogens is 1. The molecule has 3 aromatic rings. The monoisotopic (exact) mass is 380 g/mol. The van der Waals surface area contributed by atoms with Crippen LogP contribution in [0.2, 0.25) is 0 Å². The number of benzene rings is 1. The Morgan fingerprint density at radius 3 is 2.61 bits per heavy atom. The predicted molar refractivity (Wildman–Crippen MR) is 108 cm³/mol. The molecule has 0 atom stereocenters. The van der Waals surface area contributed by atoms with Gasteiger partial charge in [-0.05, 0) is 37.1 Å². The molecule has 146 valence electrons. The van der Waals surface area contributed by atoms with Gasteiger partial charge in [0.2, 0.25) is 5.95 Å². The van der Waals surface area contributed by atoms with Crippen LogP contribution in [-0.4, -0.2) is 46.1 Å². The molecule has 1 aliphatic carbocycles. The van der Waals surface area contributed by atoms with Gasteiger partial charge >= 0.3 is 0 Å². The highest BCUT2D eigenvalue weighted by molar-refractivity contribution is 5.75. The molecule has 2 fully saturated rings. The largest absolute Gasteiger partial charge is 0.378 e. The molecule has 2 aromatic heterocycles. The summed E-state index contributed by atoms with van der Waals surface area (Å²) in [4.78, 5) is 23.5. The maximum absolute atomic E-state index is 12.2. The molecule has 0 bridgehead atoms. The Labute approximate surface area is 162 Å². The van der Waals surface area contributed by atoms with Crippen LogP contribution in [0.25, 0.3) is 11.0 Å². The van der Waals surface area contributed by atoms with Crippen molar-refractivity contribution in [3.05, 3.63) is 40.8 Å². The highest BCUT2D eigenvalue weighted by atomic mass is 16.5. The molecule has 1 aromatic carbocycles. The normalized spacial score (nSPS) is 18.1. The van der Waals surface area contributed by atoms with Crippen LogP contribution in [0, 0.1) is 0 Å². The van der Waals surface area contributed by atoms with E-state index in [0.29, 0.717) is 23.0 Å². The van der Waals surface area contributed by atoms with Crippen LogP contribution >= 0.6 is 0 Å². The molecular weight excluding hydrogens is 356 g/mol. The molecule has 2 N–H and O–H groups in total. The lowest BCUT2D eigenvalue weighted by Crippen LogP contribution is -2.36. The van der Waals surface area contributed by atoms with Gasteiger partial charge in [-0.15, -0.1) is 0 Å². The Balaban J connectivity index is 1.38. The fraction of sp³-hybridized carbons (Fsp3) is 0.450. The summed E-state index contributed by atoms with van der Waals surface area (Å²) in [6.45, 7) is 3.37. The molecule has 1 saturated heterocycles. The summed E-state index contributed by atoms with van der Waals surface area (Å²) >= 11 is 0. The lowest BCUT2D eigenvalue weighted by molar-refractivity contribution is 0.122. The molecule has 28 heavy (non-hydrogen) atoms. The third-order valence-corrected chi connectivity index (χ3v) is 5.65. The Morgan fingerprint density at radius 2 is 1.86 bits per heavy atom. The van der Waals surface area contributed by atoms with E-state index in [2.05, 4.69) is 37.4 Å². The Bertz CT molecular complexity index is 1010. The first-order valence-electron chi connectivity index (χ1n) is 9.95. The van der Waals surface area contributed by atoms with Crippen LogP contribution in [0.15, 0.2) is 35.3 Å². The Morgan fingerprint density at radius 1 is 1.11 bits per heavy atom. The quantitative estimate of drug-likeness (QED) is 0.724. The fourth-order valence-electron chi connectivity index (χ4n) is 4.13. The number of morpholine rings is 1. The average molecular weight is 380 g/mol. The van der Waals surface area contributed by atoms with Crippen LogP contribution in [0.3, 0.4) is 0 Å². The number of ether oxygens (including phenoxy) is 1. The van der Waals surface area contributed by atoms with Crippen molar-refractivity contribution in [2.45, 2.75) is 31.7 Å². The minimum absolute atomic E-state index is 0.122. The minimum atomic E-state index is -0.122. The summed E-state index contributed by atoms with van der Waals surface area (Å²) < 4.78 is 7.34. The number of anilines is 3. The van der Waals surface area contributed by atoms with Crippen molar-refractivity contribution in [3.8, 4) is 0 Å². The lowest BCUT2D eigenvalue weighted by atomic mass is 10.2. The van der Waals surface area contributed by atoms with E-state index in [1.54, 1.807) is 6.20 Å². The van der Waals surface area contributed by atoms with Crippen LogP contribution in [-0.2, 0) is 4.74 Å². The number of aromatic nitrogens is 4. The second-order valence-corrected chi connectivity index (χ2v) is 7.45. The first-order chi connectivity index (χ1) is 13.8. The molecule has 3 heterocycles. The average Bonchev–Trinajstić information content (AvgIpc) is 3.37. The zero-order valence-electron chi connectivity index (χ0n) is 15.7. The number of nitrogens with zero attached hydrogens (tertiary/aromatic N) is 4. The van der Waals surface area contributed by atoms with Gasteiger partial charge < -0.3 is 15.0 Å². The van der Waals surface area contributed by atoms with Crippen molar-refractivity contribution in [2.75, 3.05) is 36.5 Å². The van der Waals surface area contributed by atoms with Crippen molar-refractivity contribution in [1.82, 2.24) is 19.7 Å². The van der Waals surface area contributed by atoms with Gasteiger partial charge in [-0.3, -0.25) is 14.6 Å². The number of aromatic amines is 1. The molecule has 5 rings (SSSR count). The summed E-state index contributed by atoms with van der Waals surface area (Å²) in [5.74, 6) is 0.498. The standard InChI is InChI=1S/C20H24N6O2/c27-19-17-13-21-20(23-18(17)26(24-19)16-3-1-2-4-16)22-14-5-7-15(8-6-14)25-9-11-28-12-10-25/h5-8,13,16H,1-4,9-12H2,(H,24,27)(H,21,22,23). The molecule has 0 amide bonds. The minimum Gasteiger partial charge on any atom is -0.378 e. The maximum atomic E-state index is 12.2. The van der Waals surface area contributed by atoms with Gasteiger partial charge in [-0.1, -0.05) is 12.8 Å². The molecule has 1 aliphatic heterocycles. The molecule has 2 aliphatic rings. The van der Waals surface area contributed by atoms with Crippen LogP contribution in [0.1, 0.15) is 31.7 Å². The van der Waals surface area contributed by atoms with Gasteiger partial charge in [-0.25, -0.2) is 4.98 Å². The lowest BCUT2D eigenvalue weighted by Gasteiger charge is -2.28. The van der Waals surface area contributed by atoms with E-state index < -0.39 is 0 Å². The molecular formula is C20H24N6O2. The maximum Gasteiger partial charge on any atom is 0.275 e. The fourth-order valence-corrected chi connectivity index (χ4v) is 4.13. The number of hydrogen-bond acceptors (Lipinski definition) is 6. The number of fused-ring (bicyclic) bond motifs is 1. The second-order valence-electron chi connectivity index (χ2n) is 7.45. The molecule has 0 spiro atoms. The number of hydrogen-bond donors (Lipinski definition) is 2. The molecule has 8 nitrogen and oxygen atoms in total. The SMILES string of the molecule is O=c1[nH]n(C2CCCC2)c2nc(Nc3ccc(N4CCOCC4)cc3)ncc12. The molecule has 8 heteroatoms. The van der Waals surface area contributed by atoms with Gasteiger partial charge in [0.15, 0.2) is 5.65 Å². The van der Waals surface area contributed by atoms with E-state index in [1.807, 2.05) is 16.8 Å². The second kappa shape index (κ2) is 7.27. The molecule has 0 unspecified atom stereocenters. The Kier molecular flexibility index (Phi) is 4.48. The van der Waals surface area contributed by atoms with Crippen LogP contribution in [0.5, 0.6) is 0 Å². The van der Waals surface area contributed by atoms with Crippen molar-refractivity contribution in [3.63, 3.8) is 0 Å². The van der Waals surface area contributed by atoms with E-state index in [-0.39, 0.29) is 5.56 Å². The summed E-state index contributed by atoms with van der Waals surface area (Å²) in [7, 11) is 0. The van der Waals surface area contributed by atoms with Gasteiger partial charge in [-0.2, -0.15) is 4.98 Å². The third kappa shape index (κ3) is 3.24. The topological polar surface area (TPSA) is 88.1 Å². The molecule has 1 saturated carbocycles. The van der Waals surface area contributed by atoms with E-state index in [0.717, 1.165) is 44.8 Å². The smallest absolute Gasteiger partial charge is 0.275 e. The summed E-state index contributed by atoms with van der Waals surface area (Å²) in [6.07, 6.45) is 6.15. The summed E-state index contributed by atoms with van der Waals surface area (Å²) in [6, 6.07) is 8.56. The van der Waals surface area contributed by atoms with Gasteiger partial charge in [0.05, 0.1) is 19.3 Å². The van der Waals surface area contributed by atoms with E-state index >= 15 is 0 Å². The zero-order chi connectivity index (χ0) is 18.9. The summed E-state index contributed by atoms with van der Waals surface area (Å²) in [5.41, 5.74) is 2.66. The highest BCUT2D eigenvalue weighted by Crippen LogP contribution is 2.30. The molecule has 0 radical (unpaired) electrons. The first kappa shape index (κ1) is 17.2. The zero-order valence-corrected chi connectivity index (χ0v) is 15.7. The van der Waals surface area contributed by atoms with E-state index in [4.69, 9.17) is 4.74 Å². The van der Waals surface area contributed by atoms with Crippen LogP contribution < -0.4 is 15.8 Å². The van der Waals surface area contributed by atoms with Crippen LogP contribution in [0.4, 0.5) is 17.3 Å². The third-order valence-electron chi connectivity index (χ3n) is 5.65. The van der Waals surface area contributed by atoms with E-state index in [9.17, 15) is 4.79 Å².